The van der Waals surface area contributed by atoms with Gasteiger partial charge in [-0.15, -0.1) is 24.2 Å². The zero-order chi connectivity index (χ0) is 22.7. The number of rotatable bonds is 7. The summed E-state index contributed by atoms with van der Waals surface area (Å²) in [4.78, 5) is 23.5. The first-order valence-electron chi connectivity index (χ1n) is 10.2. The number of hydrogen-bond donors (Lipinski definition) is 0. The van der Waals surface area contributed by atoms with E-state index in [2.05, 4.69) is 11.0 Å². The van der Waals surface area contributed by atoms with Crippen LogP contribution < -0.4 is 4.90 Å². The lowest BCUT2D eigenvalue weighted by molar-refractivity contribution is 0.0391. The Labute approximate surface area is 208 Å². The third-order valence-corrected chi connectivity index (χ3v) is 8.23. The molecule has 0 N–H and O–H groups in total. The Morgan fingerprint density at radius 2 is 1.88 bits per heavy atom. The zero-order valence-electron chi connectivity index (χ0n) is 18.4. The van der Waals surface area contributed by atoms with Gasteiger partial charge in [-0.2, -0.15) is 0 Å². The maximum absolute atomic E-state index is 13.5. The summed E-state index contributed by atoms with van der Waals surface area (Å²) in [5.74, 6) is -0.192. The number of halogens is 1. The number of benzene rings is 2. The van der Waals surface area contributed by atoms with Crippen LogP contribution in [0, 0.1) is 0 Å². The van der Waals surface area contributed by atoms with E-state index in [1.165, 1.54) is 23.5 Å². The van der Waals surface area contributed by atoms with Gasteiger partial charge in [-0.05, 0) is 48.7 Å². The molecule has 0 spiro atoms. The van der Waals surface area contributed by atoms with E-state index in [0.29, 0.717) is 37.0 Å². The number of carbonyl (C=O) groups is 1. The third kappa shape index (κ3) is 6.26. The van der Waals surface area contributed by atoms with Crippen molar-refractivity contribution in [2.75, 3.05) is 56.8 Å². The van der Waals surface area contributed by atoms with Gasteiger partial charge >= 0.3 is 0 Å². The second-order valence-corrected chi connectivity index (χ2v) is 11.4. The largest absolute Gasteiger partial charge is 0.379 e. The lowest BCUT2D eigenvalue weighted by atomic mass is 10.2. The summed E-state index contributed by atoms with van der Waals surface area (Å²) < 4.78 is 30.0. The monoisotopic (exact) mass is 527 g/mol. The van der Waals surface area contributed by atoms with Gasteiger partial charge < -0.3 is 4.74 Å². The molecule has 0 radical (unpaired) electrons. The smallest absolute Gasteiger partial charge is 0.260 e. The first-order valence-corrected chi connectivity index (χ1v) is 14.1. The van der Waals surface area contributed by atoms with E-state index in [0.717, 1.165) is 34.5 Å². The second-order valence-electron chi connectivity index (χ2n) is 7.54. The minimum absolute atomic E-state index is 0. The molecule has 1 saturated heterocycles. The Hall–Kier alpha value is -1.69. The fraction of sp³-hybridized carbons (Fsp3) is 0.364. The number of sulfone groups is 1. The summed E-state index contributed by atoms with van der Waals surface area (Å²) >= 11 is 3.16. The highest BCUT2D eigenvalue weighted by Crippen LogP contribution is 2.32. The molecule has 0 bridgehead atoms. The number of aromatic nitrogens is 1. The lowest BCUT2D eigenvalue weighted by Crippen LogP contribution is -2.43. The number of hydrogen-bond acceptors (Lipinski definition) is 8. The summed E-state index contributed by atoms with van der Waals surface area (Å²) in [6.07, 6.45) is 3.18. The van der Waals surface area contributed by atoms with Crippen molar-refractivity contribution in [1.29, 1.82) is 0 Å². The highest BCUT2D eigenvalue weighted by Gasteiger charge is 2.23. The van der Waals surface area contributed by atoms with Gasteiger partial charge in [0, 0.05) is 42.9 Å². The molecule has 4 rings (SSSR count). The number of carbonyl (C=O) groups excluding carboxylic acids is 1. The number of fused-ring (bicyclic) bond motifs is 1. The van der Waals surface area contributed by atoms with Crippen LogP contribution in [0.3, 0.4) is 0 Å². The molecule has 1 aromatic heterocycles. The third-order valence-electron chi connectivity index (χ3n) is 5.33. The van der Waals surface area contributed by atoms with Gasteiger partial charge in [-0.3, -0.25) is 14.6 Å². The molecule has 178 valence electrons. The molecule has 2 aromatic carbocycles. The van der Waals surface area contributed by atoms with Crippen molar-refractivity contribution in [2.24, 2.45) is 0 Å². The summed E-state index contributed by atoms with van der Waals surface area (Å²) in [5.41, 5.74) is 1.29. The second kappa shape index (κ2) is 11.2. The van der Waals surface area contributed by atoms with Gasteiger partial charge in [-0.1, -0.05) is 11.3 Å². The molecule has 3 aromatic rings. The van der Waals surface area contributed by atoms with Crippen molar-refractivity contribution < 1.29 is 17.9 Å². The molecular formula is C22H26ClN3O4S3. The van der Waals surface area contributed by atoms with Gasteiger partial charge in [-0.25, -0.2) is 13.4 Å². The highest BCUT2D eigenvalue weighted by atomic mass is 35.5. The van der Waals surface area contributed by atoms with E-state index < -0.39 is 9.84 Å². The highest BCUT2D eigenvalue weighted by molar-refractivity contribution is 7.98. The van der Waals surface area contributed by atoms with Crippen LogP contribution >= 0.6 is 35.5 Å². The summed E-state index contributed by atoms with van der Waals surface area (Å²) in [5, 5.41) is 0.642. The van der Waals surface area contributed by atoms with Gasteiger partial charge in [0.25, 0.3) is 5.91 Å². The van der Waals surface area contributed by atoms with Crippen molar-refractivity contribution in [1.82, 2.24) is 9.88 Å². The van der Waals surface area contributed by atoms with Crippen molar-refractivity contribution in [3.63, 3.8) is 0 Å². The maximum Gasteiger partial charge on any atom is 0.260 e. The van der Waals surface area contributed by atoms with Crippen LogP contribution in [0.1, 0.15) is 10.4 Å². The topological polar surface area (TPSA) is 79.8 Å². The van der Waals surface area contributed by atoms with Gasteiger partial charge in [0.1, 0.15) is 0 Å². The van der Waals surface area contributed by atoms with E-state index in [9.17, 15) is 13.2 Å². The van der Waals surface area contributed by atoms with Gasteiger partial charge in [0.2, 0.25) is 0 Å². The predicted molar refractivity (Wildman–Crippen MR) is 137 cm³/mol. The Kier molecular flexibility index (Phi) is 8.76. The first-order chi connectivity index (χ1) is 15.3. The van der Waals surface area contributed by atoms with Crippen molar-refractivity contribution >= 4 is 66.6 Å². The SMILES string of the molecule is CSc1ccc2nc(N(CCN3CCOCC3)C(=O)c3ccc(S(C)(=O)=O)cc3)sc2c1.Cl. The Morgan fingerprint density at radius 1 is 1.18 bits per heavy atom. The van der Waals surface area contributed by atoms with E-state index in [-0.39, 0.29) is 23.2 Å². The fourth-order valence-corrected chi connectivity index (χ4v) is 5.66. The Morgan fingerprint density at radius 3 is 2.52 bits per heavy atom. The average molecular weight is 528 g/mol. The molecule has 1 aliphatic rings. The summed E-state index contributed by atoms with van der Waals surface area (Å²) in [6.45, 7) is 4.26. The number of nitrogens with zero attached hydrogens (tertiary/aromatic N) is 3. The molecule has 0 atom stereocenters. The van der Waals surface area contributed by atoms with Crippen molar-refractivity contribution in [2.45, 2.75) is 9.79 Å². The van der Waals surface area contributed by atoms with Gasteiger partial charge in [0.05, 0.1) is 28.3 Å². The average Bonchev–Trinajstić information content (AvgIpc) is 3.22. The van der Waals surface area contributed by atoms with Crippen molar-refractivity contribution in [3.8, 4) is 0 Å². The molecule has 0 unspecified atom stereocenters. The minimum Gasteiger partial charge on any atom is -0.379 e. The van der Waals surface area contributed by atoms with Crippen molar-refractivity contribution in [3.05, 3.63) is 48.0 Å². The van der Waals surface area contributed by atoms with E-state index in [4.69, 9.17) is 9.72 Å². The van der Waals surface area contributed by atoms with Crippen LogP contribution in [0.2, 0.25) is 0 Å². The normalized spacial score (nSPS) is 14.7. The van der Waals surface area contributed by atoms with Gasteiger partial charge in [0.15, 0.2) is 15.0 Å². The van der Waals surface area contributed by atoms with E-state index >= 15 is 0 Å². The molecule has 11 heteroatoms. The predicted octanol–water partition coefficient (Wildman–Crippen LogP) is 3.82. The molecular weight excluding hydrogens is 502 g/mol. The quantitative estimate of drug-likeness (QED) is 0.432. The zero-order valence-corrected chi connectivity index (χ0v) is 21.7. The van der Waals surface area contributed by atoms with Crippen LogP contribution in [0.15, 0.2) is 52.3 Å². The number of thioether (sulfide) groups is 1. The summed E-state index contributed by atoms with van der Waals surface area (Å²) in [7, 11) is -3.32. The number of ether oxygens (including phenoxy) is 1. The van der Waals surface area contributed by atoms with Crippen LogP contribution in [0.25, 0.3) is 10.2 Å². The molecule has 0 saturated carbocycles. The molecule has 33 heavy (non-hydrogen) atoms. The van der Waals surface area contributed by atoms with E-state index in [1.54, 1.807) is 28.8 Å². The number of thiazole rings is 1. The fourth-order valence-electron chi connectivity index (χ4n) is 3.49. The first kappa shape index (κ1) is 25.9. The molecule has 2 heterocycles. The molecule has 1 aliphatic heterocycles. The van der Waals surface area contributed by atoms with Crippen LogP contribution in [-0.2, 0) is 14.6 Å². The molecule has 1 fully saturated rings. The number of amides is 1. The maximum atomic E-state index is 13.5. The van der Waals surface area contributed by atoms with Crippen LogP contribution in [0.5, 0.6) is 0 Å². The number of anilines is 1. The lowest BCUT2D eigenvalue weighted by Gasteiger charge is -2.29. The van der Waals surface area contributed by atoms with Crippen LogP contribution in [-0.4, -0.2) is 76.1 Å². The molecule has 7 nitrogen and oxygen atoms in total. The van der Waals surface area contributed by atoms with Crippen LogP contribution in [0.4, 0.5) is 5.13 Å². The molecule has 0 aliphatic carbocycles. The Bertz CT molecular complexity index is 1210. The molecule has 1 amide bonds. The van der Waals surface area contributed by atoms with E-state index in [1.807, 2.05) is 18.4 Å². The summed E-state index contributed by atoms with van der Waals surface area (Å²) in [6, 6.07) is 12.2. The Balaban J connectivity index is 0.00000306. The number of morpholine rings is 1. The minimum atomic E-state index is -3.32. The standard InChI is InChI=1S/C22H25N3O4S3.ClH/c1-30-17-5-8-19-20(15-17)31-22(23-19)25(10-9-24-11-13-29-14-12-24)21(26)16-3-6-18(7-4-16)32(2,27)28;/h3-8,15H,9-14H2,1-2H3;1H.